The Bertz CT molecular complexity index is 1170. The van der Waals surface area contributed by atoms with E-state index in [1.54, 1.807) is 18.6 Å². The van der Waals surface area contributed by atoms with Crippen molar-refractivity contribution in [3.8, 4) is 0 Å². The summed E-state index contributed by atoms with van der Waals surface area (Å²) in [5.74, 6) is 2.32. The van der Waals surface area contributed by atoms with Crippen molar-refractivity contribution in [2.24, 2.45) is 4.99 Å². The fraction of sp³-hybridized carbons (Fsp3) is 0.391. The first kappa shape index (κ1) is 22.7. The van der Waals surface area contributed by atoms with Gasteiger partial charge in [0.15, 0.2) is 11.6 Å². The number of pyridine rings is 1. The Balaban J connectivity index is 1.48. The van der Waals surface area contributed by atoms with Gasteiger partial charge in [0.2, 0.25) is 0 Å². The minimum Gasteiger partial charge on any atom is -0.394 e. The first-order chi connectivity index (χ1) is 15.8. The number of hydrogen-bond donors (Lipinski definition) is 4. The van der Waals surface area contributed by atoms with Crippen molar-refractivity contribution < 1.29 is 5.11 Å². The molecule has 4 rings (SSSR count). The Morgan fingerprint density at radius 1 is 1.39 bits per heavy atom. The van der Waals surface area contributed by atoms with E-state index >= 15 is 0 Å². The maximum Gasteiger partial charge on any atom is 0.154 e. The average Bonchev–Trinajstić information content (AvgIpc) is 3.08. The first-order valence-corrected chi connectivity index (χ1v) is 11.0. The van der Waals surface area contributed by atoms with Gasteiger partial charge in [-0.25, -0.2) is 4.99 Å². The molecule has 0 aliphatic carbocycles. The second kappa shape index (κ2) is 9.16. The molecule has 10 heteroatoms. The predicted octanol–water partition coefficient (Wildman–Crippen LogP) is 2.15. The molecule has 3 aromatic rings. The molecule has 0 unspecified atom stereocenters. The number of aliphatic hydroxyl groups excluding tert-OH is 1. The Morgan fingerprint density at radius 3 is 2.91 bits per heavy atom. The van der Waals surface area contributed by atoms with Gasteiger partial charge in [-0.05, 0) is 39.0 Å². The van der Waals surface area contributed by atoms with E-state index in [1.165, 1.54) is 0 Å². The molecule has 5 N–H and O–H groups in total. The number of piperazine rings is 1. The van der Waals surface area contributed by atoms with Gasteiger partial charge in [-0.1, -0.05) is 6.58 Å². The molecular formula is C23H31N9O. The van der Waals surface area contributed by atoms with Crippen LogP contribution < -0.4 is 21.3 Å². The summed E-state index contributed by atoms with van der Waals surface area (Å²) in [6.07, 6.45) is 5.11. The molecule has 33 heavy (non-hydrogen) atoms. The maximum absolute atomic E-state index is 9.62. The number of nitrogens with two attached hydrogens (primary N) is 1. The fourth-order valence-electron chi connectivity index (χ4n) is 4.12. The number of aliphatic hydroxyl groups is 1. The van der Waals surface area contributed by atoms with Crippen molar-refractivity contribution in [2.45, 2.75) is 32.4 Å². The number of fused-ring (bicyclic) bond motifs is 1. The van der Waals surface area contributed by atoms with Gasteiger partial charge in [0.1, 0.15) is 11.6 Å². The third kappa shape index (κ3) is 4.81. The zero-order chi connectivity index (χ0) is 23.6. The third-order valence-corrected chi connectivity index (χ3v) is 5.76. The Labute approximate surface area is 193 Å². The van der Waals surface area contributed by atoms with Crippen molar-refractivity contribution >= 4 is 34.6 Å². The summed E-state index contributed by atoms with van der Waals surface area (Å²) in [7, 11) is 0. The van der Waals surface area contributed by atoms with Gasteiger partial charge in [-0.3, -0.25) is 4.98 Å². The van der Waals surface area contributed by atoms with Gasteiger partial charge in [0.05, 0.1) is 24.4 Å². The number of hydrogen-bond acceptors (Lipinski definition) is 9. The van der Waals surface area contributed by atoms with Crippen LogP contribution in [0.1, 0.15) is 32.4 Å². The van der Waals surface area contributed by atoms with Crippen LogP contribution >= 0.6 is 0 Å². The van der Waals surface area contributed by atoms with Gasteiger partial charge in [-0.2, -0.15) is 0 Å². The van der Waals surface area contributed by atoms with Gasteiger partial charge in [-0.15, -0.1) is 10.2 Å². The summed E-state index contributed by atoms with van der Waals surface area (Å²) < 4.78 is 1.86. The molecule has 1 saturated heterocycles. The van der Waals surface area contributed by atoms with Crippen molar-refractivity contribution in [2.75, 3.05) is 42.2 Å². The summed E-state index contributed by atoms with van der Waals surface area (Å²) in [4.78, 5) is 10.9. The van der Waals surface area contributed by atoms with Crippen LogP contribution in [-0.4, -0.2) is 62.8 Å². The number of anilines is 3. The van der Waals surface area contributed by atoms with E-state index in [1.807, 2.05) is 29.7 Å². The summed E-state index contributed by atoms with van der Waals surface area (Å²) in [5.41, 5.74) is 8.02. The predicted molar refractivity (Wildman–Crippen MR) is 133 cm³/mol. The molecule has 174 valence electrons. The molecule has 1 aliphatic rings. The summed E-state index contributed by atoms with van der Waals surface area (Å²) in [6.45, 7) is 12.8. The normalized spacial score (nSPS) is 16.9. The number of aliphatic imine (C=N–C) groups is 1. The Hall–Kier alpha value is -3.50. The van der Waals surface area contributed by atoms with Crippen molar-refractivity contribution in [1.82, 2.24) is 25.1 Å². The number of nitrogen functional groups attached to an aromatic ring is 1. The minimum absolute atomic E-state index is 0.0339. The highest BCUT2D eigenvalue weighted by atomic mass is 16.3. The van der Waals surface area contributed by atoms with Crippen LogP contribution in [0.3, 0.4) is 0 Å². The fourth-order valence-corrected chi connectivity index (χ4v) is 4.12. The number of aromatic nitrogens is 4. The van der Waals surface area contributed by atoms with E-state index in [0.717, 1.165) is 41.9 Å². The number of nitrogens with one attached hydrogen (secondary N) is 2. The first-order valence-electron chi connectivity index (χ1n) is 11.0. The Kier molecular flexibility index (Phi) is 6.30. The zero-order valence-corrected chi connectivity index (χ0v) is 19.3. The standard InChI is InChI=1S/C23H31N9O/c1-15(13-33)32-19-12-25-8-7-17(19)18(22(32)24)11-26-16(2)28-20-5-6-21(30-29-20)31-10-9-27-23(3,4)14-31/h5-8,11-12,15,27,33H,2,9-10,13-14,24H2,1,3-4H3,(H,28,29)/b26-11-/t15-/m1/s1. The highest BCUT2D eigenvalue weighted by Crippen LogP contribution is 2.29. The van der Waals surface area contributed by atoms with Crippen LogP contribution in [0.2, 0.25) is 0 Å². The topological polar surface area (TPSA) is 130 Å². The summed E-state index contributed by atoms with van der Waals surface area (Å²) >= 11 is 0. The van der Waals surface area contributed by atoms with E-state index in [9.17, 15) is 5.11 Å². The minimum atomic E-state index is -0.185. The summed E-state index contributed by atoms with van der Waals surface area (Å²) in [6, 6.07) is 5.51. The van der Waals surface area contributed by atoms with Gasteiger partial charge < -0.3 is 30.9 Å². The molecule has 3 aromatic heterocycles. The lowest BCUT2D eigenvalue weighted by atomic mass is 10.0. The molecule has 0 spiro atoms. The molecule has 1 atom stereocenters. The Morgan fingerprint density at radius 2 is 2.21 bits per heavy atom. The highest BCUT2D eigenvalue weighted by Gasteiger charge is 2.26. The molecule has 0 saturated carbocycles. The lowest BCUT2D eigenvalue weighted by molar-refractivity contribution is 0.243. The SMILES string of the molecule is C=C(/N=C\c1c(N)n([C@H](C)CO)c2cnccc12)Nc1ccc(N2CCNC(C)(C)C2)nn1. The quantitative estimate of drug-likeness (QED) is 0.404. The molecule has 1 fully saturated rings. The van der Waals surface area contributed by atoms with Crippen LogP contribution in [0.4, 0.5) is 17.5 Å². The molecule has 0 aromatic carbocycles. The molecule has 10 nitrogen and oxygen atoms in total. The number of nitrogens with zero attached hydrogens (tertiary/aromatic N) is 6. The maximum atomic E-state index is 9.62. The third-order valence-electron chi connectivity index (χ3n) is 5.76. The van der Waals surface area contributed by atoms with Crippen molar-refractivity contribution in [1.29, 1.82) is 0 Å². The molecule has 0 bridgehead atoms. The number of rotatable bonds is 7. The second-order valence-electron chi connectivity index (χ2n) is 8.93. The van der Waals surface area contributed by atoms with Crippen LogP contribution in [0.5, 0.6) is 0 Å². The van der Waals surface area contributed by atoms with Crippen molar-refractivity contribution in [3.05, 3.63) is 48.6 Å². The van der Waals surface area contributed by atoms with Gasteiger partial charge >= 0.3 is 0 Å². The lowest BCUT2D eigenvalue weighted by Crippen LogP contribution is -2.57. The average molecular weight is 450 g/mol. The molecule has 4 heterocycles. The molecule has 1 aliphatic heterocycles. The summed E-state index contributed by atoms with van der Waals surface area (Å²) in [5, 5.41) is 25.7. The molecule has 0 radical (unpaired) electrons. The molecule has 0 amide bonds. The van der Waals surface area contributed by atoms with Gasteiger partial charge in [0, 0.05) is 48.5 Å². The van der Waals surface area contributed by atoms with E-state index in [-0.39, 0.29) is 18.2 Å². The van der Waals surface area contributed by atoms with Crippen LogP contribution in [0.15, 0.2) is 48.0 Å². The smallest absolute Gasteiger partial charge is 0.154 e. The highest BCUT2D eigenvalue weighted by molar-refractivity contribution is 6.05. The van der Waals surface area contributed by atoms with Crippen LogP contribution in [0, 0.1) is 0 Å². The van der Waals surface area contributed by atoms with Crippen LogP contribution in [0.25, 0.3) is 10.9 Å². The largest absolute Gasteiger partial charge is 0.394 e. The zero-order valence-electron chi connectivity index (χ0n) is 19.3. The van der Waals surface area contributed by atoms with E-state index in [2.05, 4.69) is 56.1 Å². The van der Waals surface area contributed by atoms with E-state index < -0.39 is 0 Å². The van der Waals surface area contributed by atoms with Gasteiger partial charge in [0.25, 0.3) is 0 Å². The van der Waals surface area contributed by atoms with Crippen molar-refractivity contribution in [3.63, 3.8) is 0 Å². The van der Waals surface area contributed by atoms with Crippen LogP contribution in [-0.2, 0) is 0 Å². The lowest BCUT2D eigenvalue weighted by Gasteiger charge is -2.39. The second-order valence-corrected chi connectivity index (χ2v) is 8.93. The molecular weight excluding hydrogens is 418 g/mol. The monoisotopic (exact) mass is 449 g/mol. The van der Waals surface area contributed by atoms with E-state index in [0.29, 0.717) is 17.5 Å². The van der Waals surface area contributed by atoms with E-state index in [4.69, 9.17) is 5.73 Å².